The first-order valence-electron chi connectivity index (χ1n) is 7.77. The van der Waals surface area contributed by atoms with Crippen LogP contribution in [0.2, 0.25) is 0 Å². The normalized spacial score (nSPS) is 10.4. The van der Waals surface area contributed by atoms with Crippen LogP contribution in [-0.4, -0.2) is 15.7 Å². The van der Waals surface area contributed by atoms with Crippen LogP contribution in [0.4, 0.5) is 4.39 Å². The molecular weight excluding hydrogens is 321 g/mol. The Bertz CT molecular complexity index is 939. The summed E-state index contributed by atoms with van der Waals surface area (Å²) in [7, 11) is 0. The first-order valence-corrected chi connectivity index (χ1v) is 7.77. The van der Waals surface area contributed by atoms with Crippen molar-refractivity contribution in [1.29, 1.82) is 0 Å². The van der Waals surface area contributed by atoms with Gasteiger partial charge in [-0.2, -0.15) is 5.10 Å². The van der Waals surface area contributed by atoms with Gasteiger partial charge in [-0.15, -0.1) is 0 Å². The molecule has 1 heterocycles. The van der Waals surface area contributed by atoms with Gasteiger partial charge in [0.1, 0.15) is 12.4 Å². The molecule has 2 aromatic carbocycles. The standard InChI is InChI=1S/C19H16FN3O2/c20-16-9-5-4-8-15(16)17-10-11-19(25)23(22-17)13-18(24)21-12-14-6-2-1-3-7-14/h1-11H,12-13H2,(H,21,24). The van der Waals surface area contributed by atoms with Gasteiger partial charge in [0.15, 0.2) is 0 Å². The van der Waals surface area contributed by atoms with Crippen LogP contribution in [0.5, 0.6) is 0 Å². The van der Waals surface area contributed by atoms with Crippen LogP contribution in [0, 0.1) is 5.82 Å². The number of aromatic nitrogens is 2. The van der Waals surface area contributed by atoms with Crippen molar-refractivity contribution >= 4 is 5.91 Å². The molecule has 1 aromatic heterocycles. The molecule has 5 nitrogen and oxygen atoms in total. The SMILES string of the molecule is O=C(Cn1nc(-c2ccccc2F)ccc1=O)NCc1ccccc1. The summed E-state index contributed by atoms with van der Waals surface area (Å²) < 4.78 is 14.9. The average molecular weight is 337 g/mol. The largest absolute Gasteiger partial charge is 0.350 e. The number of rotatable bonds is 5. The van der Waals surface area contributed by atoms with Crippen molar-refractivity contribution in [1.82, 2.24) is 15.1 Å². The van der Waals surface area contributed by atoms with Crippen molar-refractivity contribution in [3.05, 3.63) is 88.5 Å². The van der Waals surface area contributed by atoms with Crippen molar-refractivity contribution in [3.63, 3.8) is 0 Å². The van der Waals surface area contributed by atoms with E-state index in [4.69, 9.17) is 0 Å². The number of hydrogen-bond donors (Lipinski definition) is 1. The lowest BCUT2D eigenvalue weighted by atomic mass is 10.1. The van der Waals surface area contributed by atoms with Crippen LogP contribution >= 0.6 is 0 Å². The van der Waals surface area contributed by atoms with Gasteiger partial charge in [0, 0.05) is 18.2 Å². The highest BCUT2D eigenvalue weighted by Crippen LogP contribution is 2.18. The fourth-order valence-electron chi connectivity index (χ4n) is 2.36. The molecular formula is C19H16FN3O2. The molecule has 0 unspecified atom stereocenters. The predicted octanol–water partition coefficient (Wildman–Crippen LogP) is 2.37. The Kier molecular flexibility index (Phi) is 4.99. The second-order valence-corrected chi connectivity index (χ2v) is 5.46. The van der Waals surface area contributed by atoms with E-state index in [2.05, 4.69) is 10.4 Å². The molecule has 0 atom stereocenters. The predicted molar refractivity (Wildman–Crippen MR) is 92.2 cm³/mol. The van der Waals surface area contributed by atoms with Gasteiger partial charge >= 0.3 is 0 Å². The third-order valence-electron chi connectivity index (χ3n) is 3.64. The minimum atomic E-state index is -0.436. The summed E-state index contributed by atoms with van der Waals surface area (Å²) in [5, 5.41) is 6.83. The van der Waals surface area contributed by atoms with Gasteiger partial charge in [0.2, 0.25) is 5.91 Å². The Morgan fingerprint density at radius 1 is 1.00 bits per heavy atom. The molecule has 0 bridgehead atoms. The second-order valence-electron chi connectivity index (χ2n) is 5.46. The fourth-order valence-corrected chi connectivity index (χ4v) is 2.36. The molecule has 1 amide bonds. The lowest BCUT2D eigenvalue weighted by molar-refractivity contribution is -0.122. The molecule has 0 saturated heterocycles. The number of nitrogens with one attached hydrogen (secondary N) is 1. The molecule has 0 saturated carbocycles. The summed E-state index contributed by atoms with van der Waals surface area (Å²) in [5.74, 6) is -0.780. The van der Waals surface area contributed by atoms with Crippen LogP contribution in [0.3, 0.4) is 0 Å². The maximum atomic E-state index is 13.9. The quantitative estimate of drug-likeness (QED) is 0.777. The molecule has 3 aromatic rings. The van der Waals surface area contributed by atoms with Gasteiger partial charge in [0.05, 0.1) is 5.69 Å². The zero-order chi connectivity index (χ0) is 17.6. The Morgan fingerprint density at radius 2 is 1.72 bits per heavy atom. The zero-order valence-corrected chi connectivity index (χ0v) is 13.4. The molecule has 6 heteroatoms. The number of halogens is 1. The number of carbonyl (C=O) groups is 1. The van der Waals surface area contributed by atoms with Crippen LogP contribution in [0.15, 0.2) is 71.5 Å². The minimum Gasteiger partial charge on any atom is -0.350 e. The smallest absolute Gasteiger partial charge is 0.267 e. The second kappa shape index (κ2) is 7.53. The molecule has 1 N–H and O–H groups in total. The van der Waals surface area contributed by atoms with Crippen LogP contribution in [0.25, 0.3) is 11.3 Å². The Hall–Kier alpha value is -3.28. The van der Waals surface area contributed by atoms with Crippen molar-refractivity contribution < 1.29 is 9.18 Å². The molecule has 0 radical (unpaired) electrons. The highest BCUT2D eigenvalue weighted by molar-refractivity contribution is 5.75. The number of amides is 1. The van der Waals surface area contributed by atoms with E-state index in [9.17, 15) is 14.0 Å². The summed E-state index contributed by atoms with van der Waals surface area (Å²) in [6.45, 7) is 0.134. The summed E-state index contributed by atoms with van der Waals surface area (Å²) in [6, 6.07) is 18.3. The van der Waals surface area contributed by atoms with Crippen molar-refractivity contribution in [2.24, 2.45) is 0 Å². The van der Waals surface area contributed by atoms with Crippen molar-refractivity contribution in [2.45, 2.75) is 13.1 Å². The van der Waals surface area contributed by atoms with E-state index >= 15 is 0 Å². The van der Waals surface area contributed by atoms with Gasteiger partial charge in [-0.3, -0.25) is 9.59 Å². The fraction of sp³-hybridized carbons (Fsp3) is 0.105. The monoisotopic (exact) mass is 337 g/mol. The van der Waals surface area contributed by atoms with Gasteiger partial charge in [-0.25, -0.2) is 9.07 Å². The van der Waals surface area contributed by atoms with E-state index in [-0.39, 0.29) is 18.0 Å². The molecule has 25 heavy (non-hydrogen) atoms. The van der Waals surface area contributed by atoms with Crippen LogP contribution in [-0.2, 0) is 17.9 Å². The van der Waals surface area contributed by atoms with Gasteiger partial charge in [-0.1, -0.05) is 42.5 Å². The topological polar surface area (TPSA) is 64.0 Å². The van der Waals surface area contributed by atoms with Gasteiger partial charge in [-0.05, 0) is 23.8 Å². The molecule has 0 aliphatic heterocycles. The maximum absolute atomic E-state index is 13.9. The van der Waals surface area contributed by atoms with E-state index < -0.39 is 11.4 Å². The molecule has 0 spiro atoms. The van der Waals surface area contributed by atoms with E-state index in [1.807, 2.05) is 30.3 Å². The Labute approximate surface area is 143 Å². The molecule has 0 aliphatic carbocycles. The van der Waals surface area contributed by atoms with E-state index in [1.165, 1.54) is 18.2 Å². The molecule has 0 fully saturated rings. The van der Waals surface area contributed by atoms with E-state index in [1.54, 1.807) is 18.2 Å². The highest BCUT2D eigenvalue weighted by atomic mass is 19.1. The lowest BCUT2D eigenvalue weighted by Gasteiger charge is -2.09. The maximum Gasteiger partial charge on any atom is 0.267 e. The summed E-state index contributed by atoms with van der Waals surface area (Å²) in [5.41, 5.74) is 1.11. The Morgan fingerprint density at radius 3 is 2.48 bits per heavy atom. The van der Waals surface area contributed by atoms with E-state index in [0.29, 0.717) is 12.2 Å². The van der Waals surface area contributed by atoms with Crippen molar-refractivity contribution in [2.75, 3.05) is 0 Å². The minimum absolute atomic E-state index is 0.228. The third kappa shape index (κ3) is 4.17. The number of benzene rings is 2. The number of nitrogens with zero attached hydrogens (tertiary/aromatic N) is 2. The summed E-state index contributed by atoms with van der Waals surface area (Å²) in [6.07, 6.45) is 0. The van der Waals surface area contributed by atoms with Crippen molar-refractivity contribution in [3.8, 4) is 11.3 Å². The van der Waals surface area contributed by atoms with Crippen LogP contribution < -0.4 is 10.9 Å². The number of carbonyl (C=O) groups excluding carboxylic acids is 1. The molecule has 3 rings (SSSR count). The first-order chi connectivity index (χ1) is 12.1. The summed E-state index contributed by atoms with van der Waals surface area (Å²) in [4.78, 5) is 24.0. The number of hydrogen-bond acceptors (Lipinski definition) is 3. The average Bonchev–Trinajstić information content (AvgIpc) is 2.63. The molecule has 126 valence electrons. The Balaban J connectivity index is 1.74. The van der Waals surface area contributed by atoms with Gasteiger partial charge in [0.25, 0.3) is 5.56 Å². The zero-order valence-electron chi connectivity index (χ0n) is 13.4. The van der Waals surface area contributed by atoms with E-state index in [0.717, 1.165) is 10.2 Å². The molecule has 0 aliphatic rings. The highest BCUT2D eigenvalue weighted by Gasteiger charge is 2.10. The lowest BCUT2D eigenvalue weighted by Crippen LogP contribution is -2.33. The van der Waals surface area contributed by atoms with Crippen LogP contribution in [0.1, 0.15) is 5.56 Å². The third-order valence-corrected chi connectivity index (χ3v) is 3.64. The first kappa shape index (κ1) is 16.6. The summed E-state index contributed by atoms with van der Waals surface area (Å²) >= 11 is 0. The van der Waals surface area contributed by atoms with Gasteiger partial charge < -0.3 is 5.32 Å².